The van der Waals surface area contributed by atoms with E-state index in [-0.39, 0.29) is 30.1 Å². The predicted octanol–water partition coefficient (Wildman–Crippen LogP) is 4.93. The third-order valence-electron chi connectivity index (χ3n) is 5.01. The number of ketones is 1. The fraction of sp³-hybridized carbons (Fsp3) is 0.208. The van der Waals surface area contributed by atoms with Crippen molar-refractivity contribution in [2.45, 2.75) is 19.8 Å². The number of pyridine rings is 1. The lowest BCUT2D eigenvalue weighted by molar-refractivity contribution is 0.0802. The van der Waals surface area contributed by atoms with Crippen LogP contribution in [0.3, 0.4) is 0 Å². The van der Waals surface area contributed by atoms with Crippen molar-refractivity contribution < 1.29 is 18.4 Å². The number of nitrogens with zero attached hydrogens (tertiary/aromatic N) is 2. The summed E-state index contributed by atoms with van der Waals surface area (Å²) < 4.78 is 26.5. The number of aryl methyl sites for hydroxylation is 1. The van der Waals surface area contributed by atoms with Crippen molar-refractivity contribution in [2.24, 2.45) is 0 Å². The Morgan fingerprint density at radius 2 is 1.43 bits per heavy atom. The van der Waals surface area contributed by atoms with Gasteiger partial charge in [-0.25, -0.2) is 0 Å². The van der Waals surface area contributed by atoms with Gasteiger partial charge in [-0.2, -0.15) is 13.8 Å². The van der Waals surface area contributed by atoms with Crippen molar-refractivity contribution in [1.29, 1.82) is 0 Å². The number of halogens is 2. The van der Waals surface area contributed by atoms with Crippen LogP contribution >= 0.6 is 0 Å². The third kappa shape index (κ3) is 4.95. The van der Waals surface area contributed by atoms with Crippen LogP contribution in [0.15, 0.2) is 60.7 Å². The molecule has 0 saturated heterocycles. The highest BCUT2D eigenvalue weighted by Gasteiger charge is 2.12. The SMILES string of the molecule is CCN(C)C(=O)c1ccc(-c2ccc(C(=O)CCc3ccc(F)nc3F)cc2)cc1. The number of hydrogen-bond acceptors (Lipinski definition) is 3. The van der Waals surface area contributed by atoms with Crippen molar-refractivity contribution in [3.8, 4) is 11.1 Å². The van der Waals surface area contributed by atoms with Crippen molar-refractivity contribution in [3.05, 3.63) is 89.2 Å². The molecule has 0 spiro atoms. The maximum Gasteiger partial charge on any atom is 0.253 e. The number of aromatic nitrogens is 1. The van der Waals surface area contributed by atoms with Crippen LogP contribution in [0.1, 0.15) is 39.6 Å². The van der Waals surface area contributed by atoms with Crippen LogP contribution in [0.4, 0.5) is 8.78 Å². The summed E-state index contributed by atoms with van der Waals surface area (Å²) in [6.45, 7) is 2.56. The molecule has 0 radical (unpaired) electrons. The van der Waals surface area contributed by atoms with E-state index in [4.69, 9.17) is 0 Å². The Morgan fingerprint density at radius 1 is 0.867 bits per heavy atom. The number of rotatable bonds is 7. The molecule has 0 unspecified atom stereocenters. The van der Waals surface area contributed by atoms with Gasteiger partial charge < -0.3 is 4.90 Å². The Balaban J connectivity index is 1.65. The van der Waals surface area contributed by atoms with Crippen LogP contribution in [0, 0.1) is 11.9 Å². The third-order valence-corrected chi connectivity index (χ3v) is 5.01. The molecule has 30 heavy (non-hydrogen) atoms. The van der Waals surface area contributed by atoms with E-state index in [0.717, 1.165) is 17.2 Å². The first kappa shape index (κ1) is 21.3. The summed E-state index contributed by atoms with van der Waals surface area (Å²) >= 11 is 0. The maximum atomic E-state index is 13.6. The van der Waals surface area contributed by atoms with Gasteiger partial charge in [-0.1, -0.05) is 36.4 Å². The number of benzene rings is 2. The van der Waals surface area contributed by atoms with Crippen molar-refractivity contribution in [3.63, 3.8) is 0 Å². The predicted molar refractivity (Wildman–Crippen MR) is 111 cm³/mol. The zero-order valence-corrected chi connectivity index (χ0v) is 16.9. The summed E-state index contributed by atoms with van der Waals surface area (Å²) in [5, 5.41) is 0. The molecule has 2 aromatic carbocycles. The van der Waals surface area contributed by atoms with Crippen molar-refractivity contribution in [1.82, 2.24) is 9.88 Å². The second-order valence-corrected chi connectivity index (χ2v) is 6.98. The molecule has 0 aliphatic rings. The summed E-state index contributed by atoms with van der Waals surface area (Å²) in [6.07, 6.45) is 0.257. The molecule has 1 amide bonds. The number of carbonyl (C=O) groups excluding carboxylic acids is 2. The Hall–Kier alpha value is -3.41. The summed E-state index contributed by atoms with van der Waals surface area (Å²) in [5.74, 6) is -1.93. The zero-order chi connectivity index (χ0) is 21.7. The molecule has 1 heterocycles. The first-order chi connectivity index (χ1) is 14.4. The van der Waals surface area contributed by atoms with E-state index in [2.05, 4.69) is 4.98 Å². The smallest absolute Gasteiger partial charge is 0.253 e. The Labute approximate surface area is 174 Å². The van der Waals surface area contributed by atoms with E-state index in [9.17, 15) is 18.4 Å². The molecule has 0 aliphatic carbocycles. The highest BCUT2D eigenvalue weighted by Crippen LogP contribution is 2.22. The van der Waals surface area contributed by atoms with E-state index in [0.29, 0.717) is 17.7 Å². The Morgan fingerprint density at radius 3 is 1.97 bits per heavy atom. The molecule has 0 fully saturated rings. The van der Waals surface area contributed by atoms with Gasteiger partial charge in [0.15, 0.2) is 5.78 Å². The van der Waals surface area contributed by atoms with E-state index >= 15 is 0 Å². The lowest BCUT2D eigenvalue weighted by Crippen LogP contribution is -2.26. The van der Waals surface area contributed by atoms with Crippen LogP contribution in [0.25, 0.3) is 11.1 Å². The van der Waals surface area contributed by atoms with E-state index in [1.54, 1.807) is 36.2 Å². The number of hydrogen-bond donors (Lipinski definition) is 0. The van der Waals surface area contributed by atoms with Gasteiger partial charge in [0.2, 0.25) is 11.9 Å². The lowest BCUT2D eigenvalue weighted by atomic mass is 9.99. The van der Waals surface area contributed by atoms with Gasteiger partial charge in [0.05, 0.1) is 0 Å². The molecule has 0 saturated carbocycles. The van der Waals surface area contributed by atoms with Crippen LogP contribution in [0.2, 0.25) is 0 Å². The normalized spacial score (nSPS) is 10.7. The molecular weight excluding hydrogens is 386 g/mol. The second kappa shape index (κ2) is 9.39. The highest BCUT2D eigenvalue weighted by molar-refractivity contribution is 5.97. The van der Waals surface area contributed by atoms with Gasteiger partial charge in [0.1, 0.15) is 0 Å². The molecule has 0 aliphatic heterocycles. The number of amides is 1. The molecule has 0 N–H and O–H groups in total. The topological polar surface area (TPSA) is 50.3 Å². The van der Waals surface area contributed by atoms with Gasteiger partial charge >= 0.3 is 0 Å². The fourth-order valence-electron chi connectivity index (χ4n) is 3.04. The summed E-state index contributed by atoms with van der Waals surface area (Å²) in [4.78, 5) is 29.4. The van der Waals surface area contributed by atoms with E-state index in [1.165, 1.54) is 6.07 Å². The Bertz CT molecular complexity index is 1050. The molecule has 0 atom stereocenters. The molecule has 6 heteroatoms. The quantitative estimate of drug-likeness (QED) is 0.411. The zero-order valence-electron chi connectivity index (χ0n) is 16.9. The highest BCUT2D eigenvalue weighted by atomic mass is 19.1. The van der Waals surface area contributed by atoms with Crippen molar-refractivity contribution in [2.75, 3.05) is 13.6 Å². The van der Waals surface area contributed by atoms with Gasteiger partial charge in [-0.15, -0.1) is 0 Å². The van der Waals surface area contributed by atoms with Crippen molar-refractivity contribution >= 4 is 11.7 Å². The van der Waals surface area contributed by atoms with Gasteiger partial charge in [-0.05, 0) is 48.7 Å². The van der Waals surface area contributed by atoms with Gasteiger partial charge in [0, 0.05) is 36.7 Å². The number of Topliss-reactive ketones (excluding diaryl/α,β-unsaturated/α-hetero) is 1. The monoisotopic (exact) mass is 408 g/mol. The summed E-state index contributed by atoms with van der Waals surface area (Å²) in [7, 11) is 1.76. The lowest BCUT2D eigenvalue weighted by Gasteiger charge is -2.14. The molecule has 0 bridgehead atoms. The first-order valence-corrected chi connectivity index (χ1v) is 9.69. The van der Waals surface area contributed by atoms with Gasteiger partial charge in [0.25, 0.3) is 5.91 Å². The van der Waals surface area contributed by atoms with E-state index < -0.39 is 11.9 Å². The molecular formula is C24H22F2N2O2. The minimum absolute atomic E-state index is 0.0298. The number of carbonyl (C=O) groups is 2. The molecule has 3 aromatic rings. The molecule has 4 nitrogen and oxygen atoms in total. The van der Waals surface area contributed by atoms with Crippen LogP contribution < -0.4 is 0 Å². The Kier molecular flexibility index (Phi) is 6.67. The average Bonchev–Trinajstić information content (AvgIpc) is 2.77. The molecule has 1 aromatic heterocycles. The van der Waals surface area contributed by atoms with Gasteiger partial charge in [-0.3, -0.25) is 9.59 Å². The molecule has 3 rings (SSSR count). The summed E-state index contributed by atoms with van der Waals surface area (Å²) in [6, 6.07) is 16.8. The minimum atomic E-state index is -0.884. The minimum Gasteiger partial charge on any atom is -0.342 e. The largest absolute Gasteiger partial charge is 0.342 e. The van der Waals surface area contributed by atoms with E-state index in [1.807, 2.05) is 31.2 Å². The van der Waals surface area contributed by atoms with Crippen LogP contribution in [0.5, 0.6) is 0 Å². The van der Waals surface area contributed by atoms with Crippen LogP contribution in [-0.4, -0.2) is 35.2 Å². The summed E-state index contributed by atoms with van der Waals surface area (Å²) in [5.41, 5.74) is 3.21. The molecule has 154 valence electrons. The average molecular weight is 408 g/mol. The standard InChI is InChI=1S/C24H22F2N2O2/c1-3-28(2)24(30)20-10-6-17(7-11-20)16-4-8-18(9-5-16)21(29)14-12-19-13-15-22(25)27-23(19)26/h4-11,13,15H,3,12,14H2,1-2H3. The van der Waals surface area contributed by atoms with Crippen LogP contribution in [-0.2, 0) is 6.42 Å². The maximum absolute atomic E-state index is 13.6. The second-order valence-electron chi connectivity index (χ2n) is 6.98. The fourth-order valence-corrected chi connectivity index (χ4v) is 3.04. The first-order valence-electron chi connectivity index (χ1n) is 9.69.